The standard InChI is InChI=1S/C19H26ClN3OS.ClH/c1-4-22(5-2)11-6-12-23(18(24)13-20)19-21-17(14-25-19)16-9-7-15(3)8-10-16;/h7-10,14H,4-6,11-13H2,1-3H3;1H. The van der Waals surface area contributed by atoms with Crippen LogP contribution in [0.3, 0.4) is 0 Å². The summed E-state index contributed by atoms with van der Waals surface area (Å²) in [6.07, 6.45) is 0.907. The van der Waals surface area contributed by atoms with Crippen molar-refractivity contribution in [2.45, 2.75) is 27.2 Å². The smallest absolute Gasteiger partial charge is 0.243 e. The molecule has 2 rings (SSSR count). The Kier molecular flexibility index (Phi) is 10.2. The van der Waals surface area contributed by atoms with Crippen molar-refractivity contribution in [2.75, 3.05) is 37.0 Å². The molecule has 1 amide bonds. The van der Waals surface area contributed by atoms with Crippen molar-refractivity contribution in [3.63, 3.8) is 0 Å². The maximum absolute atomic E-state index is 12.3. The Hall–Kier alpha value is -1.14. The molecule has 0 aliphatic carbocycles. The second-order valence-corrected chi connectivity index (χ2v) is 7.04. The third kappa shape index (κ3) is 6.23. The van der Waals surface area contributed by atoms with Gasteiger partial charge in [0.2, 0.25) is 5.91 Å². The third-order valence-electron chi connectivity index (χ3n) is 4.24. The van der Waals surface area contributed by atoms with Gasteiger partial charge in [-0.15, -0.1) is 35.3 Å². The second kappa shape index (κ2) is 11.5. The zero-order chi connectivity index (χ0) is 18.2. The maximum Gasteiger partial charge on any atom is 0.243 e. The molecule has 1 aromatic carbocycles. The molecule has 1 aromatic heterocycles. The van der Waals surface area contributed by atoms with Crippen LogP contribution in [0.15, 0.2) is 29.6 Å². The maximum atomic E-state index is 12.3. The Labute approximate surface area is 171 Å². The lowest BCUT2D eigenvalue weighted by Crippen LogP contribution is -2.35. The number of hydrogen-bond acceptors (Lipinski definition) is 4. The highest BCUT2D eigenvalue weighted by Gasteiger charge is 2.18. The molecule has 2 aromatic rings. The van der Waals surface area contributed by atoms with Crippen molar-refractivity contribution < 1.29 is 4.79 Å². The highest BCUT2D eigenvalue weighted by Crippen LogP contribution is 2.28. The number of rotatable bonds is 9. The number of benzene rings is 1. The monoisotopic (exact) mass is 415 g/mol. The lowest BCUT2D eigenvalue weighted by molar-refractivity contribution is -0.116. The fraction of sp³-hybridized carbons (Fsp3) is 0.474. The molecule has 0 N–H and O–H groups in total. The minimum Gasteiger partial charge on any atom is -0.304 e. The van der Waals surface area contributed by atoms with Gasteiger partial charge in [-0.3, -0.25) is 9.69 Å². The fourth-order valence-electron chi connectivity index (χ4n) is 2.64. The molecule has 0 radical (unpaired) electrons. The van der Waals surface area contributed by atoms with Gasteiger partial charge in [-0.05, 0) is 33.0 Å². The van der Waals surface area contributed by atoms with Crippen molar-refractivity contribution in [1.82, 2.24) is 9.88 Å². The Morgan fingerprint density at radius 2 is 1.81 bits per heavy atom. The molecular weight excluding hydrogens is 389 g/mol. The largest absolute Gasteiger partial charge is 0.304 e. The summed E-state index contributed by atoms with van der Waals surface area (Å²) in [5.41, 5.74) is 3.18. The average Bonchev–Trinajstić information content (AvgIpc) is 3.11. The summed E-state index contributed by atoms with van der Waals surface area (Å²) in [5.74, 6) is -0.115. The zero-order valence-electron chi connectivity index (χ0n) is 15.6. The number of nitrogens with zero attached hydrogens (tertiary/aromatic N) is 3. The van der Waals surface area contributed by atoms with Gasteiger partial charge in [0, 0.05) is 17.5 Å². The number of alkyl halides is 1. The quantitative estimate of drug-likeness (QED) is 0.549. The molecule has 0 aliphatic rings. The van der Waals surface area contributed by atoms with Crippen LogP contribution in [-0.4, -0.2) is 47.9 Å². The topological polar surface area (TPSA) is 36.4 Å². The summed E-state index contributed by atoms with van der Waals surface area (Å²) in [4.78, 5) is 21.0. The number of aromatic nitrogens is 1. The Balaban J connectivity index is 0.00000338. The first-order valence-electron chi connectivity index (χ1n) is 8.70. The van der Waals surface area contributed by atoms with E-state index in [9.17, 15) is 4.79 Å². The Bertz CT molecular complexity index is 672. The van der Waals surface area contributed by atoms with Gasteiger partial charge < -0.3 is 4.90 Å². The molecule has 0 saturated heterocycles. The van der Waals surface area contributed by atoms with Gasteiger partial charge in [-0.25, -0.2) is 4.98 Å². The highest BCUT2D eigenvalue weighted by molar-refractivity contribution is 7.14. The van der Waals surface area contributed by atoms with Gasteiger partial charge in [0.1, 0.15) is 5.88 Å². The molecule has 4 nitrogen and oxygen atoms in total. The van der Waals surface area contributed by atoms with Crippen molar-refractivity contribution in [3.8, 4) is 11.3 Å². The Morgan fingerprint density at radius 3 is 2.38 bits per heavy atom. The van der Waals surface area contributed by atoms with Gasteiger partial charge in [0.25, 0.3) is 0 Å². The lowest BCUT2D eigenvalue weighted by atomic mass is 10.1. The summed E-state index contributed by atoms with van der Waals surface area (Å²) in [7, 11) is 0. The number of carbonyl (C=O) groups excluding carboxylic acids is 1. The summed E-state index contributed by atoms with van der Waals surface area (Å²) in [6.45, 7) is 10.0. The van der Waals surface area contributed by atoms with Crippen molar-refractivity contribution in [3.05, 3.63) is 35.2 Å². The van der Waals surface area contributed by atoms with Gasteiger partial charge in [0.05, 0.1) is 5.69 Å². The molecule has 144 valence electrons. The minimum absolute atomic E-state index is 0. The van der Waals surface area contributed by atoms with Gasteiger partial charge >= 0.3 is 0 Å². The van der Waals surface area contributed by atoms with Crippen molar-refractivity contribution in [1.29, 1.82) is 0 Å². The van der Waals surface area contributed by atoms with E-state index in [1.165, 1.54) is 16.9 Å². The SMILES string of the molecule is CCN(CC)CCCN(C(=O)CCl)c1nc(-c2ccc(C)cc2)cs1.Cl. The van der Waals surface area contributed by atoms with E-state index < -0.39 is 0 Å². The summed E-state index contributed by atoms with van der Waals surface area (Å²) in [5, 5.41) is 2.72. The minimum atomic E-state index is -0.0916. The molecule has 0 aliphatic heterocycles. The number of amides is 1. The van der Waals surface area contributed by atoms with E-state index in [0.717, 1.165) is 42.4 Å². The lowest BCUT2D eigenvalue weighted by Gasteiger charge is -2.22. The number of anilines is 1. The zero-order valence-corrected chi connectivity index (χ0v) is 18.0. The van der Waals surface area contributed by atoms with E-state index in [1.54, 1.807) is 4.90 Å². The van der Waals surface area contributed by atoms with Crippen LogP contribution in [0.5, 0.6) is 0 Å². The molecule has 0 saturated carbocycles. The molecule has 7 heteroatoms. The van der Waals surface area contributed by atoms with Gasteiger partial charge in [-0.2, -0.15) is 0 Å². The number of aryl methyl sites for hydroxylation is 1. The van der Waals surface area contributed by atoms with E-state index in [0.29, 0.717) is 6.54 Å². The molecule has 0 bridgehead atoms. The number of carbonyl (C=O) groups is 1. The van der Waals surface area contributed by atoms with Crippen LogP contribution < -0.4 is 4.90 Å². The third-order valence-corrected chi connectivity index (χ3v) is 5.33. The van der Waals surface area contributed by atoms with Crippen LogP contribution in [0.4, 0.5) is 5.13 Å². The Morgan fingerprint density at radius 1 is 1.15 bits per heavy atom. The van der Waals surface area contributed by atoms with Gasteiger partial charge in [0.15, 0.2) is 5.13 Å². The highest BCUT2D eigenvalue weighted by atomic mass is 35.5. The normalized spacial score (nSPS) is 10.7. The van der Waals surface area contributed by atoms with Crippen LogP contribution in [-0.2, 0) is 4.79 Å². The van der Waals surface area contributed by atoms with Crippen LogP contribution in [0.1, 0.15) is 25.8 Å². The van der Waals surface area contributed by atoms with Crippen LogP contribution >= 0.6 is 35.3 Å². The predicted octanol–water partition coefficient (Wildman–Crippen LogP) is 4.84. The second-order valence-electron chi connectivity index (χ2n) is 5.94. The summed E-state index contributed by atoms with van der Waals surface area (Å²) < 4.78 is 0. The molecule has 0 atom stereocenters. The predicted molar refractivity (Wildman–Crippen MR) is 115 cm³/mol. The first kappa shape index (κ1) is 22.9. The van der Waals surface area contributed by atoms with E-state index in [2.05, 4.69) is 54.9 Å². The van der Waals surface area contributed by atoms with E-state index in [4.69, 9.17) is 11.6 Å². The van der Waals surface area contributed by atoms with E-state index >= 15 is 0 Å². The van der Waals surface area contributed by atoms with E-state index in [1.807, 2.05) is 5.38 Å². The van der Waals surface area contributed by atoms with Gasteiger partial charge in [-0.1, -0.05) is 43.7 Å². The van der Waals surface area contributed by atoms with Crippen LogP contribution in [0.25, 0.3) is 11.3 Å². The number of halogens is 2. The molecule has 26 heavy (non-hydrogen) atoms. The van der Waals surface area contributed by atoms with E-state index in [-0.39, 0.29) is 24.2 Å². The molecule has 1 heterocycles. The fourth-order valence-corrected chi connectivity index (χ4v) is 3.66. The summed E-state index contributed by atoms with van der Waals surface area (Å²) >= 11 is 7.30. The molecule has 0 unspecified atom stereocenters. The van der Waals surface area contributed by atoms with Crippen LogP contribution in [0.2, 0.25) is 0 Å². The first-order valence-corrected chi connectivity index (χ1v) is 10.1. The average molecular weight is 416 g/mol. The summed E-state index contributed by atoms with van der Waals surface area (Å²) in [6, 6.07) is 8.25. The molecular formula is C19H27Cl2N3OS. The number of thiazole rings is 1. The number of hydrogen-bond donors (Lipinski definition) is 0. The van der Waals surface area contributed by atoms with Crippen LogP contribution in [0, 0.1) is 6.92 Å². The first-order chi connectivity index (χ1) is 12.1. The van der Waals surface area contributed by atoms with Crippen molar-refractivity contribution in [2.24, 2.45) is 0 Å². The molecule has 0 spiro atoms. The van der Waals surface area contributed by atoms with Crippen molar-refractivity contribution >= 4 is 46.4 Å². The molecule has 0 fully saturated rings.